The summed E-state index contributed by atoms with van der Waals surface area (Å²) in [6.45, 7) is 2.37. The third-order valence-corrected chi connectivity index (χ3v) is 1.76. The molecule has 1 unspecified atom stereocenters. The summed E-state index contributed by atoms with van der Waals surface area (Å²) in [4.78, 5) is 2.28. The predicted molar refractivity (Wildman–Crippen MR) is 45.1 cm³/mol. The van der Waals surface area contributed by atoms with Crippen molar-refractivity contribution in [3.8, 4) is 0 Å². The number of nitrogens with zero attached hydrogens (tertiary/aromatic N) is 1. The zero-order valence-corrected chi connectivity index (χ0v) is 7.22. The van der Waals surface area contributed by atoms with Crippen LogP contribution in [0.15, 0.2) is 0 Å². The lowest BCUT2D eigenvalue weighted by Gasteiger charge is -2.16. The van der Waals surface area contributed by atoms with Crippen molar-refractivity contribution in [1.29, 1.82) is 0 Å². The summed E-state index contributed by atoms with van der Waals surface area (Å²) in [6, 6.07) is 0.787. The summed E-state index contributed by atoms with van der Waals surface area (Å²) in [6.07, 6.45) is 1.31. The lowest BCUT2D eigenvalue weighted by Crippen LogP contribution is -2.29. The van der Waals surface area contributed by atoms with Gasteiger partial charge in [0, 0.05) is 12.6 Å². The van der Waals surface area contributed by atoms with Crippen LogP contribution in [-0.4, -0.2) is 45.2 Å². The second-order valence-electron chi connectivity index (χ2n) is 2.61. The molecule has 1 aliphatic heterocycles. The van der Waals surface area contributed by atoms with E-state index in [9.17, 15) is 0 Å². The molecule has 0 amide bonds. The topological polar surface area (TPSA) is 41.3 Å². The summed E-state index contributed by atoms with van der Waals surface area (Å²) in [7, 11) is 5.77. The molecule has 0 bridgehead atoms. The molecule has 0 spiro atoms. The molecule has 1 aliphatic rings. The van der Waals surface area contributed by atoms with E-state index in [1.807, 2.05) is 0 Å². The Hall–Kier alpha value is -0.120. The normalized spacial score (nSPS) is 24.3. The Balaban J connectivity index is 0.000000371. The van der Waals surface area contributed by atoms with Crippen molar-refractivity contribution in [3.05, 3.63) is 0 Å². The minimum absolute atomic E-state index is 0.787. The van der Waals surface area contributed by atoms with Crippen LogP contribution in [0.2, 0.25) is 0 Å². The van der Waals surface area contributed by atoms with Crippen LogP contribution in [0.4, 0.5) is 0 Å². The Morgan fingerprint density at radius 2 is 2.00 bits per heavy atom. The van der Waals surface area contributed by atoms with Crippen LogP contribution < -0.4 is 11.1 Å². The van der Waals surface area contributed by atoms with Crippen molar-refractivity contribution < 1.29 is 0 Å². The first-order valence-electron chi connectivity index (χ1n) is 3.75. The highest BCUT2D eigenvalue weighted by Gasteiger charge is 2.14. The molecule has 3 N–H and O–H groups in total. The van der Waals surface area contributed by atoms with E-state index in [1.165, 1.54) is 26.6 Å². The molecule has 0 aromatic rings. The smallest absolute Gasteiger partial charge is 0.0226 e. The Morgan fingerprint density at radius 3 is 2.20 bits per heavy atom. The van der Waals surface area contributed by atoms with Crippen LogP contribution in [0, 0.1) is 0 Å². The van der Waals surface area contributed by atoms with Crippen LogP contribution in [0.1, 0.15) is 6.42 Å². The second-order valence-corrected chi connectivity index (χ2v) is 2.61. The molecule has 1 saturated heterocycles. The van der Waals surface area contributed by atoms with Crippen molar-refractivity contribution in [2.75, 3.05) is 34.2 Å². The molecule has 1 heterocycles. The van der Waals surface area contributed by atoms with Gasteiger partial charge in [0.2, 0.25) is 0 Å². The molecular weight excluding hydrogens is 126 g/mol. The van der Waals surface area contributed by atoms with Crippen LogP contribution in [0.25, 0.3) is 0 Å². The predicted octanol–water partition coefficient (Wildman–Crippen LogP) is -0.515. The lowest BCUT2D eigenvalue weighted by molar-refractivity contribution is 0.313. The van der Waals surface area contributed by atoms with Crippen LogP contribution in [0.5, 0.6) is 0 Å². The van der Waals surface area contributed by atoms with Gasteiger partial charge in [0.25, 0.3) is 0 Å². The molecule has 62 valence electrons. The van der Waals surface area contributed by atoms with Crippen LogP contribution >= 0.6 is 0 Å². The number of nitrogens with two attached hydrogens (primary N) is 1. The first-order chi connectivity index (χ1) is 4.80. The Labute approximate surface area is 63.6 Å². The van der Waals surface area contributed by atoms with Crippen molar-refractivity contribution in [2.24, 2.45) is 5.73 Å². The number of rotatable bonds is 1. The van der Waals surface area contributed by atoms with Gasteiger partial charge in [-0.1, -0.05) is 0 Å². The fourth-order valence-corrected chi connectivity index (χ4v) is 1.08. The largest absolute Gasteiger partial charge is 0.333 e. The van der Waals surface area contributed by atoms with Crippen molar-refractivity contribution in [1.82, 2.24) is 10.2 Å². The highest BCUT2D eigenvalue weighted by molar-refractivity contribution is 4.76. The fourth-order valence-electron chi connectivity index (χ4n) is 1.08. The van der Waals surface area contributed by atoms with Gasteiger partial charge in [-0.25, -0.2) is 0 Å². The molecule has 1 atom stereocenters. The van der Waals surface area contributed by atoms with E-state index >= 15 is 0 Å². The molecule has 0 aromatic carbocycles. The van der Waals surface area contributed by atoms with Gasteiger partial charge >= 0.3 is 0 Å². The zero-order valence-electron chi connectivity index (χ0n) is 7.22. The monoisotopic (exact) mass is 145 g/mol. The first-order valence-corrected chi connectivity index (χ1v) is 3.75. The van der Waals surface area contributed by atoms with Crippen molar-refractivity contribution in [3.63, 3.8) is 0 Å². The maximum absolute atomic E-state index is 4.50. The molecule has 1 fully saturated rings. The molecule has 1 rings (SSSR count). The Bertz CT molecular complexity index is 67.3. The zero-order chi connectivity index (χ0) is 7.98. The maximum Gasteiger partial charge on any atom is 0.0226 e. The van der Waals surface area contributed by atoms with Gasteiger partial charge < -0.3 is 16.0 Å². The Kier molecular flexibility index (Phi) is 5.58. The molecule has 3 nitrogen and oxygen atoms in total. The van der Waals surface area contributed by atoms with Gasteiger partial charge in [0.1, 0.15) is 0 Å². The summed E-state index contributed by atoms with van der Waals surface area (Å²) in [5, 5.41) is 3.31. The second kappa shape index (κ2) is 5.65. The average Bonchev–Trinajstić information content (AvgIpc) is 2.42. The Morgan fingerprint density at radius 1 is 1.40 bits per heavy atom. The minimum atomic E-state index is 0.787. The molecular formula is C7H19N3. The lowest BCUT2D eigenvalue weighted by atomic mass is 10.2. The number of nitrogens with one attached hydrogen (secondary N) is 1. The van der Waals surface area contributed by atoms with Gasteiger partial charge in [0.15, 0.2) is 0 Å². The van der Waals surface area contributed by atoms with Gasteiger partial charge in [-0.15, -0.1) is 0 Å². The van der Waals surface area contributed by atoms with Gasteiger partial charge in [0.05, 0.1) is 0 Å². The van der Waals surface area contributed by atoms with E-state index in [0.29, 0.717) is 0 Å². The summed E-state index contributed by atoms with van der Waals surface area (Å²) in [5.41, 5.74) is 4.50. The molecule has 0 aliphatic carbocycles. The third kappa shape index (κ3) is 3.15. The minimum Gasteiger partial charge on any atom is -0.333 e. The SMILES string of the molecule is CN.CN(C)C1CCNC1. The highest BCUT2D eigenvalue weighted by atomic mass is 15.1. The maximum atomic E-state index is 4.50. The molecule has 0 radical (unpaired) electrons. The third-order valence-electron chi connectivity index (χ3n) is 1.76. The molecule has 3 heteroatoms. The first kappa shape index (κ1) is 9.88. The summed E-state index contributed by atoms with van der Waals surface area (Å²) in [5.74, 6) is 0. The van der Waals surface area contributed by atoms with E-state index in [0.717, 1.165) is 6.04 Å². The van der Waals surface area contributed by atoms with E-state index in [2.05, 4.69) is 30.0 Å². The van der Waals surface area contributed by atoms with Gasteiger partial charge in [-0.3, -0.25) is 0 Å². The fraction of sp³-hybridized carbons (Fsp3) is 1.00. The number of hydrogen-bond acceptors (Lipinski definition) is 3. The van der Waals surface area contributed by atoms with Gasteiger partial charge in [-0.05, 0) is 34.1 Å². The number of likely N-dealkylation sites (N-methyl/N-ethyl adjacent to an activating group) is 1. The molecule has 0 saturated carbocycles. The van der Waals surface area contributed by atoms with E-state index in [-0.39, 0.29) is 0 Å². The van der Waals surface area contributed by atoms with Crippen LogP contribution in [-0.2, 0) is 0 Å². The molecule has 0 aromatic heterocycles. The summed E-state index contributed by atoms with van der Waals surface area (Å²) < 4.78 is 0. The van der Waals surface area contributed by atoms with Gasteiger partial charge in [-0.2, -0.15) is 0 Å². The van der Waals surface area contributed by atoms with Crippen molar-refractivity contribution in [2.45, 2.75) is 12.5 Å². The summed E-state index contributed by atoms with van der Waals surface area (Å²) >= 11 is 0. The van der Waals surface area contributed by atoms with E-state index < -0.39 is 0 Å². The standard InChI is InChI=1S/C6H14N2.CH5N/c1-8(2)6-3-4-7-5-6;1-2/h6-7H,3-5H2,1-2H3;2H2,1H3. The number of hydrogen-bond donors (Lipinski definition) is 2. The molecule has 10 heavy (non-hydrogen) atoms. The van der Waals surface area contributed by atoms with E-state index in [1.54, 1.807) is 0 Å². The van der Waals surface area contributed by atoms with Crippen molar-refractivity contribution >= 4 is 0 Å². The van der Waals surface area contributed by atoms with E-state index in [4.69, 9.17) is 0 Å². The van der Waals surface area contributed by atoms with Crippen LogP contribution in [0.3, 0.4) is 0 Å². The highest BCUT2D eigenvalue weighted by Crippen LogP contribution is 2.01. The average molecular weight is 145 g/mol. The quantitative estimate of drug-likeness (QED) is 0.522.